The molecular weight excluding hydrogens is 788 g/mol. The van der Waals surface area contributed by atoms with Crippen molar-refractivity contribution < 1.29 is 23.4 Å². The van der Waals surface area contributed by atoms with Gasteiger partial charge in [-0.2, -0.15) is 5.10 Å². The van der Waals surface area contributed by atoms with E-state index in [0.29, 0.717) is 51.3 Å². The Bertz CT molecular complexity index is 2290. The Balaban J connectivity index is 0.00000271. The number of hydrogen-bond acceptors (Lipinski definition) is 8. The molecule has 10 nitrogen and oxygen atoms in total. The van der Waals surface area contributed by atoms with Gasteiger partial charge in [0.05, 0.1) is 35.8 Å². The topological polar surface area (TPSA) is 108 Å². The molecule has 3 heterocycles. The number of hydrogen-bond donors (Lipinski definition) is 1. The van der Waals surface area contributed by atoms with Crippen LogP contribution in [-0.2, 0) is 0 Å². The molecule has 1 aliphatic heterocycles. The van der Waals surface area contributed by atoms with Crippen molar-refractivity contribution in [3.8, 4) is 28.7 Å². The summed E-state index contributed by atoms with van der Waals surface area (Å²) in [7, 11) is 1.56. The monoisotopic (exact) mass is 823 g/mol. The van der Waals surface area contributed by atoms with Crippen LogP contribution in [-0.4, -0.2) is 58.9 Å². The Morgan fingerprint density at radius 1 is 0.887 bits per heavy atom. The van der Waals surface area contributed by atoms with Gasteiger partial charge in [-0.05, 0) is 93.0 Å². The van der Waals surface area contributed by atoms with Crippen molar-refractivity contribution in [2.45, 2.75) is 25.7 Å². The lowest BCUT2D eigenvalue weighted by molar-refractivity contribution is 0.102. The third-order valence-electron chi connectivity index (χ3n) is 8.80. The van der Waals surface area contributed by atoms with Gasteiger partial charge in [-0.3, -0.25) is 14.6 Å². The fraction of sp³-hybridized carbons (Fsp3) is 0.231. The maximum absolute atomic E-state index is 15.5. The van der Waals surface area contributed by atoms with Crippen LogP contribution in [0.15, 0.2) is 100 Å². The number of anilines is 1. The zero-order chi connectivity index (χ0) is 35.3. The standard InChI is InChI=1S/C39H35BrFN5O5.2ClH/c1-49-35-23-29-31(24-36(35)50-21-7-20-45-18-5-2-6-19-45)42-17-16-33(29)51-34-15-12-26(22-30(34)41)43-39(48)37-38(47)28-8-3-4-9-32(28)46(44-37)27-13-10-25(40)11-14-27;;/h3-4,8-17,22-24H,2,5-7,18-21H2,1H3,(H,43,48);2*1H. The maximum atomic E-state index is 15.5. The van der Waals surface area contributed by atoms with Gasteiger partial charge in [0.2, 0.25) is 5.43 Å². The number of carbonyl (C=O) groups excluding carboxylic acids is 1. The van der Waals surface area contributed by atoms with Crippen molar-refractivity contribution in [1.29, 1.82) is 0 Å². The van der Waals surface area contributed by atoms with Gasteiger partial charge in [-0.25, -0.2) is 9.07 Å². The van der Waals surface area contributed by atoms with E-state index in [1.54, 1.807) is 55.8 Å². The molecule has 1 amide bonds. The zero-order valence-electron chi connectivity index (χ0n) is 28.7. The number of nitrogens with zero attached hydrogens (tertiary/aromatic N) is 4. The summed E-state index contributed by atoms with van der Waals surface area (Å²) in [4.78, 5) is 33.7. The largest absolute Gasteiger partial charge is 0.493 e. The number of benzene rings is 4. The SMILES string of the molecule is COc1cc2c(Oc3ccc(NC(=O)c4nn(-c5ccc(Br)cc5)c5ccccc5c4=O)cc3F)ccnc2cc1OCCCN1CCCCC1.Cl.Cl. The van der Waals surface area contributed by atoms with E-state index in [1.807, 2.05) is 24.3 Å². The van der Waals surface area contributed by atoms with E-state index >= 15 is 4.39 Å². The van der Waals surface area contributed by atoms with Gasteiger partial charge in [0, 0.05) is 40.4 Å². The average Bonchev–Trinajstić information content (AvgIpc) is 3.15. The number of halogens is 4. The second kappa shape index (κ2) is 17.8. The van der Waals surface area contributed by atoms with E-state index in [9.17, 15) is 9.59 Å². The van der Waals surface area contributed by atoms with Crippen LogP contribution < -0.4 is 25.0 Å². The molecule has 0 aliphatic carbocycles. The number of nitrogens with one attached hydrogen (secondary N) is 1. The Morgan fingerprint density at radius 2 is 1.66 bits per heavy atom. The summed E-state index contributed by atoms with van der Waals surface area (Å²) in [5, 5.41) is 7.96. The molecule has 14 heteroatoms. The third kappa shape index (κ3) is 8.90. The van der Waals surface area contributed by atoms with Crippen molar-refractivity contribution in [1.82, 2.24) is 19.7 Å². The van der Waals surface area contributed by atoms with Crippen LogP contribution in [0.4, 0.5) is 10.1 Å². The number of carbonyl (C=O) groups is 1. The second-order valence-corrected chi connectivity index (χ2v) is 13.1. The highest BCUT2D eigenvalue weighted by atomic mass is 79.9. The lowest BCUT2D eigenvalue weighted by Crippen LogP contribution is -2.31. The van der Waals surface area contributed by atoms with E-state index in [0.717, 1.165) is 36.6 Å². The number of pyridine rings is 1. The summed E-state index contributed by atoms with van der Waals surface area (Å²) in [5.41, 5.74) is 1.05. The van der Waals surface area contributed by atoms with Crippen molar-refractivity contribution in [3.63, 3.8) is 0 Å². The van der Waals surface area contributed by atoms with E-state index in [2.05, 4.69) is 36.2 Å². The molecule has 0 radical (unpaired) electrons. The second-order valence-electron chi connectivity index (χ2n) is 12.2. The summed E-state index contributed by atoms with van der Waals surface area (Å²) in [5.74, 6) is -0.126. The summed E-state index contributed by atoms with van der Waals surface area (Å²) >= 11 is 3.42. The molecule has 0 atom stereocenters. The Morgan fingerprint density at radius 3 is 2.42 bits per heavy atom. The van der Waals surface area contributed by atoms with Crippen LogP contribution >= 0.6 is 40.7 Å². The van der Waals surface area contributed by atoms with Crippen LogP contribution in [0.25, 0.3) is 27.5 Å². The van der Waals surface area contributed by atoms with Gasteiger partial charge in [0.1, 0.15) is 5.75 Å². The molecule has 7 rings (SSSR count). The van der Waals surface area contributed by atoms with Crippen molar-refractivity contribution >= 4 is 74.1 Å². The van der Waals surface area contributed by atoms with Gasteiger partial charge in [0.15, 0.2) is 28.8 Å². The number of aromatic nitrogens is 3. The number of para-hydroxylation sites is 1. The molecule has 0 unspecified atom stereocenters. The van der Waals surface area contributed by atoms with Gasteiger partial charge < -0.3 is 24.4 Å². The fourth-order valence-corrected chi connectivity index (χ4v) is 6.48. The van der Waals surface area contributed by atoms with Gasteiger partial charge >= 0.3 is 0 Å². The summed E-state index contributed by atoms with van der Waals surface area (Å²) in [6, 6.07) is 23.4. The van der Waals surface area contributed by atoms with Crippen molar-refractivity contribution in [2.24, 2.45) is 0 Å². The minimum atomic E-state index is -0.776. The first-order chi connectivity index (χ1) is 24.9. The predicted molar refractivity (Wildman–Crippen MR) is 213 cm³/mol. The normalized spacial score (nSPS) is 12.8. The Hall–Kier alpha value is -4.75. The molecule has 1 fully saturated rings. The van der Waals surface area contributed by atoms with Gasteiger partial charge in [0.25, 0.3) is 5.91 Å². The first-order valence-electron chi connectivity index (χ1n) is 16.8. The highest BCUT2D eigenvalue weighted by Crippen LogP contribution is 2.38. The molecular formula is C39H37BrCl2FN5O5. The molecule has 1 N–H and O–H groups in total. The summed E-state index contributed by atoms with van der Waals surface area (Å²) < 4.78 is 35.6. The Labute approximate surface area is 326 Å². The minimum Gasteiger partial charge on any atom is -0.493 e. The molecule has 53 heavy (non-hydrogen) atoms. The van der Waals surface area contributed by atoms with Crippen molar-refractivity contribution in [2.75, 3.05) is 38.7 Å². The smallest absolute Gasteiger partial charge is 0.280 e. The van der Waals surface area contributed by atoms with Crippen LogP contribution in [0.1, 0.15) is 36.2 Å². The molecule has 0 saturated carbocycles. The molecule has 0 bridgehead atoms. The quantitative estimate of drug-likeness (QED) is 0.129. The van der Waals surface area contributed by atoms with Crippen LogP contribution in [0.3, 0.4) is 0 Å². The molecule has 6 aromatic rings. The fourth-order valence-electron chi connectivity index (χ4n) is 6.22. The highest BCUT2D eigenvalue weighted by molar-refractivity contribution is 9.10. The maximum Gasteiger partial charge on any atom is 0.280 e. The number of piperidine rings is 1. The van der Waals surface area contributed by atoms with Crippen LogP contribution in [0.5, 0.6) is 23.0 Å². The molecule has 276 valence electrons. The Kier molecular flexibility index (Phi) is 13.3. The molecule has 1 aliphatic rings. The first-order valence-corrected chi connectivity index (χ1v) is 17.6. The molecule has 4 aromatic carbocycles. The van der Waals surface area contributed by atoms with Gasteiger partial charge in [-0.1, -0.05) is 34.5 Å². The molecule has 1 saturated heterocycles. The van der Waals surface area contributed by atoms with E-state index < -0.39 is 17.2 Å². The molecule has 0 spiro atoms. The van der Waals surface area contributed by atoms with E-state index in [1.165, 1.54) is 36.1 Å². The average molecular weight is 826 g/mol. The zero-order valence-corrected chi connectivity index (χ0v) is 31.9. The number of amides is 1. The number of rotatable bonds is 11. The lowest BCUT2D eigenvalue weighted by Gasteiger charge is -2.26. The number of methoxy groups -OCH3 is 1. The summed E-state index contributed by atoms with van der Waals surface area (Å²) in [6.07, 6.45) is 6.29. The van der Waals surface area contributed by atoms with Crippen LogP contribution in [0, 0.1) is 5.82 Å². The number of fused-ring (bicyclic) bond motifs is 2. The van der Waals surface area contributed by atoms with Gasteiger partial charge in [-0.15, -0.1) is 24.8 Å². The van der Waals surface area contributed by atoms with Crippen LogP contribution in [0.2, 0.25) is 0 Å². The first kappa shape index (κ1) is 39.5. The minimum absolute atomic E-state index is 0. The van der Waals surface area contributed by atoms with Crippen molar-refractivity contribution in [3.05, 3.63) is 117 Å². The predicted octanol–water partition coefficient (Wildman–Crippen LogP) is 8.99. The lowest BCUT2D eigenvalue weighted by atomic mass is 10.1. The molecule has 2 aromatic heterocycles. The van der Waals surface area contributed by atoms with E-state index in [-0.39, 0.29) is 41.9 Å². The highest BCUT2D eigenvalue weighted by Gasteiger charge is 2.20. The summed E-state index contributed by atoms with van der Waals surface area (Å²) in [6.45, 7) is 3.82. The van der Waals surface area contributed by atoms with E-state index in [4.69, 9.17) is 14.2 Å². The third-order valence-corrected chi connectivity index (χ3v) is 9.33. The number of ether oxygens (including phenoxy) is 3. The number of likely N-dealkylation sites (tertiary alicyclic amines) is 1.